The summed E-state index contributed by atoms with van der Waals surface area (Å²) in [5.74, 6) is 0.814. The summed E-state index contributed by atoms with van der Waals surface area (Å²) in [6, 6.07) is 8.96. The highest BCUT2D eigenvalue weighted by atomic mass is 32.2. The van der Waals surface area contributed by atoms with Crippen molar-refractivity contribution >= 4 is 10.8 Å². The van der Waals surface area contributed by atoms with Crippen LogP contribution in [0.2, 0.25) is 0 Å². The quantitative estimate of drug-likeness (QED) is 0.701. The first-order valence-electron chi connectivity index (χ1n) is 8.33. The first-order valence-corrected chi connectivity index (χ1v) is 9.71. The van der Waals surface area contributed by atoms with E-state index in [9.17, 15) is 4.21 Å². The zero-order chi connectivity index (χ0) is 15.7. The molecule has 0 saturated carbocycles. The SMILES string of the molecule is CCCCS(=O)C(C)C(NCCC)c1ccc(CC)cc1. The van der Waals surface area contributed by atoms with Crippen LogP contribution in [-0.2, 0) is 17.2 Å². The third-order valence-electron chi connectivity index (χ3n) is 3.94. The molecule has 1 rings (SSSR count). The minimum absolute atomic E-state index is 0.149. The van der Waals surface area contributed by atoms with Gasteiger partial charge in [0.1, 0.15) is 0 Å². The van der Waals surface area contributed by atoms with E-state index < -0.39 is 10.8 Å². The Hall–Kier alpha value is -0.670. The topological polar surface area (TPSA) is 29.1 Å². The van der Waals surface area contributed by atoms with Crippen molar-refractivity contribution < 1.29 is 4.21 Å². The Morgan fingerprint density at radius 2 is 1.76 bits per heavy atom. The molecule has 3 atom stereocenters. The molecule has 0 aliphatic rings. The van der Waals surface area contributed by atoms with E-state index in [4.69, 9.17) is 0 Å². The Bertz CT molecular complexity index is 416. The van der Waals surface area contributed by atoms with Gasteiger partial charge in [-0.3, -0.25) is 4.21 Å². The molecule has 0 aliphatic heterocycles. The van der Waals surface area contributed by atoms with Gasteiger partial charge in [-0.05, 0) is 43.9 Å². The monoisotopic (exact) mass is 309 g/mol. The molecule has 1 aromatic rings. The van der Waals surface area contributed by atoms with Crippen LogP contribution in [0.3, 0.4) is 0 Å². The fourth-order valence-corrected chi connectivity index (χ4v) is 3.94. The summed E-state index contributed by atoms with van der Waals surface area (Å²) in [5.41, 5.74) is 2.62. The molecule has 0 aromatic heterocycles. The van der Waals surface area contributed by atoms with Crippen molar-refractivity contribution in [2.75, 3.05) is 12.3 Å². The summed E-state index contributed by atoms with van der Waals surface area (Å²) in [6.07, 6.45) is 4.31. The molecule has 21 heavy (non-hydrogen) atoms. The van der Waals surface area contributed by atoms with Crippen LogP contribution in [0.15, 0.2) is 24.3 Å². The van der Waals surface area contributed by atoms with Crippen LogP contribution < -0.4 is 5.32 Å². The number of unbranched alkanes of at least 4 members (excludes halogenated alkanes) is 1. The molecule has 1 aromatic carbocycles. The molecule has 0 aliphatic carbocycles. The molecule has 0 heterocycles. The van der Waals surface area contributed by atoms with Crippen LogP contribution in [-0.4, -0.2) is 21.8 Å². The highest BCUT2D eigenvalue weighted by Crippen LogP contribution is 2.22. The maximum Gasteiger partial charge on any atom is 0.0514 e. The molecule has 0 bridgehead atoms. The Balaban J connectivity index is 2.84. The van der Waals surface area contributed by atoms with Gasteiger partial charge in [0.15, 0.2) is 0 Å². The summed E-state index contributed by atoms with van der Waals surface area (Å²) in [7, 11) is -0.768. The molecule has 1 N–H and O–H groups in total. The van der Waals surface area contributed by atoms with Crippen LogP contribution >= 0.6 is 0 Å². The molecule has 2 nitrogen and oxygen atoms in total. The second-order valence-electron chi connectivity index (χ2n) is 5.67. The Morgan fingerprint density at radius 3 is 2.29 bits per heavy atom. The van der Waals surface area contributed by atoms with Gasteiger partial charge in [-0.25, -0.2) is 0 Å². The number of benzene rings is 1. The van der Waals surface area contributed by atoms with E-state index in [2.05, 4.69) is 57.3 Å². The van der Waals surface area contributed by atoms with Crippen molar-refractivity contribution in [3.05, 3.63) is 35.4 Å². The van der Waals surface area contributed by atoms with E-state index >= 15 is 0 Å². The third-order valence-corrected chi connectivity index (χ3v) is 5.74. The summed E-state index contributed by atoms with van der Waals surface area (Å²) in [5, 5.41) is 3.74. The molecular formula is C18H31NOS. The third kappa shape index (κ3) is 5.91. The molecule has 0 amide bonds. The lowest BCUT2D eigenvalue weighted by Gasteiger charge is -2.25. The molecule has 120 valence electrons. The van der Waals surface area contributed by atoms with Crippen LogP contribution in [0.4, 0.5) is 0 Å². The average Bonchev–Trinajstić information content (AvgIpc) is 2.53. The van der Waals surface area contributed by atoms with Gasteiger partial charge in [-0.1, -0.05) is 51.5 Å². The number of rotatable bonds is 10. The van der Waals surface area contributed by atoms with Gasteiger partial charge in [-0.15, -0.1) is 0 Å². The van der Waals surface area contributed by atoms with Crippen molar-refractivity contribution in [2.24, 2.45) is 0 Å². The Kier molecular flexibility index (Phi) is 8.86. The second-order valence-corrected chi connectivity index (χ2v) is 7.58. The van der Waals surface area contributed by atoms with Crippen LogP contribution in [0.1, 0.15) is 64.1 Å². The second kappa shape index (κ2) is 10.1. The largest absolute Gasteiger partial charge is 0.309 e. The highest BCUT2D eigenvalue weighted by Gasteiger charge is 2.23. The molecule has 0 saturated heterocycles. The number of nitrogens with one attached hydrogen (secondary N) is 1. The van der Waals surface area contributed by atoms with Crippen LogP contribution in [0, 0.1) is 0 Å². The molecule has 0 fully saturated rings. The Labute approximate surface area is 133 Å². The zero-order valence-corrected chi connectivity index (χ0v) is 14.8. The highest BCUT2D eigenvalue weighted by molar-refractivity contribution is 7.85. The predicted octanol–water partition coefficient (Wildman–Crippen LogP) is 4.23. The number of hydrogen-bond donors (Lipinski definition) is 1. The van der Waals surface area contributed by atoms with Gasteiger partial charge >= 0.3 is 0 Å². The summed E-state index contributed by atoms with van der Waals surface area (Å²) < 4.78 is 12.5. The lowest BCUT2D eigenvalue weighted by molar-refractivity contribution is 0.517. The zero-order valence-electron chi connectivity index (χ0n) is 14.0. The maximum absolute atomic E-state index is 12.5. The van der Waals surface area contributed by atoms with Gasteiger partial charge in [0.2, 0.25) is 0 Å². The van der Waals surface area contributed by atoms with Crippen molar-refractivity contribution in [3.8, 4) is 0 Å². The van der Waals surface area contributed by atoms with Gasteiger partial charge < -0.3 is 5.32 Å². The van der Waals surface area contributed by atoms with Crippen molar-refractivity contribution in [1.29, 1.82) is 0 Å². The van der Waals surface area contributed by atoms with E-state index in [1.165, 1.54) is 11.1 Å². The van der Waals surface area contributed by atoms with Gasteiger partial charge in [0.05, 0.1) is 5.25 Å². The first kappa shape index (κ1) is 18.4. The van der Waals surface area contributed by atoms with Gasteiger partial charge in [-0.2, -0.15) is 0 Å². The summed E-state index contributed by atoms with van der Waals surface area (Å²) in [6.45, 7) is 9.58. The normalized spacial score (nSPS) is 15.6. The van der Waals surface area contributed by atoms with Crippen LogP contribution in [0.25, 0.3) is 0 Å². The smallest absolute Gasteiger partial charge is 0.0514 e. The molecular weight excluding hydrogens is 278 g/mol. The van der Waals surface area contributed by atoms with Gasteiger partial charge in [0, 0.05) is 22.6 Å². The average molecular weight is 310 g/mol. The van der Waals surface area contributed by atoms with E-state index in [0.29, 0.717) is 0 Å². The minimum atomic E-state index is -0.768. The first-order chi connectivity index (χ1) is 10.1. The molecule has 3 unspecified atom stereocenters. The number of hydrogen-bond acceptors (Lipinski definition) is 2. The summed E-state index contributed by atoms with van der Waals surface area (Å²) >= 11 is 0. The van der Waals surface area contributed by atoms with Crippen molar-refractivity contribution in [1.82, 2.24) is 5.32 Å². The maximum atomic E-state index is 12.5. The Morgan fingerprint density at radius 1 is 1.10 bits per heavy atom. The summed E-state index contributed by atoms with van der Waals surface area (Å²) in [4.78, 5) is 0. The predicted molar refractivity (Wildman–Crippen MR) is 94.2 cm³/mol. The van der Waals surface area contributed by atoms with E-state index in [0.717, 1.165) is 38.0 Å². The standard InChI is InChI=1S/C18H31NOS/c1-5-8-14-21(20)15(4)18(19-13-6-2)17-11-9-16(7-3)10-12-17/h9-12,15,18-19H,5-8,13-14H2,1-4H3. The van der Waals surface area contributed by atoms with Crippen LogP contribution in [0.5, 0.6) is 0 Å². The number of aryl methyl sites for hydroxylation is 1. The van der Waals surface area contributed by atoms with Gasteiger partial charge in [0.25, 0.3) is 0 Å². The van der Waals surface area contributed by atoms with Crippen molar-refractivity contribution in [2.45, 2.75) is 64.7 Å². The molecule has 0 radical (unpaired) electrons. The lowest BCUT2D eigenvalue weighted by atomic mass is 10.0. The van der Waals surface area contributed by atoms with E-state index in [-0.39, 0.29) is 11.3 Å². The minimum Gasteiger partial charge on any atom is -0.309 e. The van der Waals surface area contributed by atoms with E-state index in [1.807, 2.05) is 0 Å². The fraction of sp³-hybridized carbons (Fsp3) is 0.667. The lowest BCUT2D eigenvalue weighted by Crippen LogP contribution is -2.34. The fourth-order valence-electron chi connectivity index (χ4n) is 2.44. The molecule has 0 spiro atoms. The molecule has 3 heteroatoms. The van der Waals surface area contributed by atoms with Crippen molar-refractivity contribution in [3.63, 3.8) is 0 Å². The van der Waals surface area contributed by atoms with E-state index in [1.54, 1.807) is 0 Å².